The SMILES string of the molecule is COc1cc(-c2cncc(-c3cc(NC(=O)CC4CCC4)cs3)n2)ccc1C(=O)N(C)OC[n+]1cc(-c2ccc(C(=O)N(C)C3CCN(C)CC3)c(OC)c2)nc(-c2cc(NC(=O)C3CC34CCC4)cs2)c1. The monoisotopic (exact) mass is 1010 g/mol. The molecule has 3 aliphatic carbocycles. The lowest BCUT2D eigenvalue weighted by Crippen LogP contribution is -2.44. The summed E-state index contributed by atoms with van der Waals surface area (Å²) in [4.78, 5) is 80.1. The lowest BCUT2D eigenvalue weighted by Gasteiger charge is -2.35. The van der Waals surface area contributed by atoms with Crippen LogP contribution in [0.25, 0.3) is 43.7 Å². The minimum Gasteiger partial charge on any atom is -0.496 e. The fraction of sp³-hybridized carbons (Fsp3) is 0.407. The number of rotatable bonds is 17. The van der Waals surface area contributed by atoms with Crippen molar-refractivity contribution in [3.8, 4) is 55.2 Å². The van der Waals surface area contributed by atoms with E-state index in [-0.39, 0.29) is 47.4 Å². The molecule has 374 valence electrons. The van der Waals surface area contributed by atoms with Crippen LogP contribution >= 0.6 is 22.7 Å². The van der Waals surface area contributed by atoms with Crippen molar-refractivity contribution >= 4 is 57.7 Å². The molecule has 4 amide bonds. The number of anilines is 2. The molecule has 4 aromatic heterocycles. The standard InChI is InChI=1S/C54H59N9O7S2/c1-60-18-14-38(15-19-60)61(2)52(66)39-12-11-35(22-46(39)68-4)44-28-63(29-45(59-44)49-24-37(31-72-49)57-51(65)41-25-54(41)16-7-17-54)32-70-62(3)53(67)40-13-10-34(21-47(40)69-5)42-26-55-27-43(58-42)48-23-36(30-71-48)56-50(64)20-33-8-6-9-33/h10-13,21-24,26-31,33,38,41H,6-9,14-20,25,32H2,1-5H3,(H-,56,57,64,65)/p+1. The highest BCUT2D eigenvalue weighted by Crippen LogP contribution is 2.65. The number of piperidine rings is 1. The average molecular weight is 1010 g/mol. The van der Waals surface area contributed by atoms with E-state index in [0.717, 1.165) is 79.2 Å². The van der Waals surface area contributed by atoms with Crippen LogP contribution in [0, 0.1) is 17.3 Å². The van der Waals surface area contributed by atoms with E-state index in [0.29, 0.717) is 63.3 Å². The van der Waals surface area contributed by atoms with E-state index >= 15 is 0 Å². The van der Waals surface area contributed by atoms with Crippen LogP contribution in [-0.2, 0) is 21.2 Å². The summed E-state index contributed by atoms with van der Waals surface area (Å²) >= 11 is 2.95. The number of hydrogen-bond acceptors (Lipinski definition) is 13. The fourth-order valence-corrected chi connectivity index (χ4v) is 11.6. The summed E-state index contributed by atoms with van der Waals surface area (Å²) in [5.41, 5.74) is 6.26. The van der Waals surface area contributed by atoms with Crippen molar-refractivity contribution in [2.45, 2.75) is 77.0 Å². The first-order valence-electron chi connectivity index (χ1n) is 24.6. The second kappa shape index (κ2) is 20.9. The van der Waals surface area contributed by atoms with Crippen LogP contribution in [0.4, 0.5) is 11.4 Å². The fourth-order valence-electron chi connectivity index (χ4n) is 10.0. The van der Waals surface area contributed by atoms with E-state index in [1.165, 1.54) is 47.7 Å². The Labute approximate surface area is 427 Å². The summed E-state index contributed by atoms with van der Waals surface area (Å²) < 4.78 is 13.4. The molecule has 0 radical (unpaired) electrons. The maximum absolute atomic E-state index is 14.1. The molecule has 1 atom stereocenters. The third-order valence-electron chi connectivity index (χ3n) is 15.0. The van der Waals surface area contributed by atoms with Gasteiger partial charge >= 0.3 is 0 Å². The number of nitrogens with one attached hydrogen (secondary N) is 2. The number of hydroxylamine groups is 2. The minimum atomic E-state index is -0.438. The van der Waals surface area contributed by atoms with Crippen molar-refractivity contribution in [2.75, 3.05) is 59.1 Å². The highest BCUT2D eigenvalue weighted by atomic mass is 32.1. The quantitative estimate of drug-likeness (QED) is 0.0660. The van der Waals surface area contributed by atoms with Gasteiger partial charge in [0, 0.05) is 54.4 Å². The molecule has 0 bridgehead atoms. The maximum atomic E-state index is 14.1. The van der Waals surface area contributed by atoms with E-state index in [9.17, 15) is 19.2 Å². The number of amides is 4. The molecule has 5 heterocycles. The predicted octanol–water partition coefficient (Wildman–Crippen LogP) is 9.05. The number of thiophene rings is 2. The molecule has 1 aliphatic heterocycles. The molecule has 4 aliphatic rings. The summed E-state index contributed by atoms with van der Waals surface area (Å²) in [6, 6.07) is 14.7. The Morgan fingerprint density at radius 1 is 0.764 bits per heavy atom. The molecule has 2 aromatic carbocycles. The van der Waals surface area contributed by atoms with E-state index in [1.807, 2.05) is 59.4 Å². The highest BCUT2D eigenvalue weighted by molar-refractivity contribution is 7.14. The summed E-state index contributed by atoms with van der Waals surface area (Å²) in [5, 5.41) is 11.2. The van der Waals surface area contributed by atoms with Crippen molar-refractivity contribution in [3.05, 3.63) is 95.2 Å². The number of carbonyl (C=O) groups is 4. The van der Waals surface area contributed by atoms with Crippen LogP contribution in [0.1, 0.15) is 84.9 Å². The molecule has 1 unspecified atom stereocenters. The van der Waals surface area contributed by atoms with Crippen molar-refractivity contribution in [1.82, 2.24) is 29.8 Å². The zero-order valence-corrected chi connectivity index (χ0v) is 42.9. The Morgan fingerprint density at radius 3 is 2.00 bits per heavy atom. The van der Waals surface area contributed by atoms with Gasteiger partial charge in [-0.2, -0.15) is 4.57 Å². The second-order valence-corrected chi connectivity index (χ2v) is 21.5. The normalized spacial score (nSPS) is 17.4. The highest BCUT2D eigenvalue weighted by Gasteiger charge is 2.60. The summed E-state index contributed by atoms with van der Waals surface area (Å²) in [5.74, 6) is 0.868. The summed E-state index contributed by atoms with van der Waals surface area (Å²) in [6.45, 7) is 1.79. The topological polar surface area (TPSA) is 172 Å². The molecule has 72 heavy (non-hydrogen) atoms. The third kappa shape index (κ3) is 10.5. The number of aromatic nitrogens is 4. The molecule has 1 saturated heterocycles. The Bertz CT molecular complexity index is 3010. The minimum absolute atomic E-state index is 0.0303. The van der Waals surface area contributed by atoms with Gasteiger partial charge in [0.15, 0.2) is 12.4 Å². The van der Waals surface area contributed by atoms with Crippen LogP contribution in [-0.4, -0.2) is 108 Å². The van der Waals surface area contributed by atoms with Gasteiger partial charge in [-0.15, -0.1) is 22.7 Å². The van der Waals surface area contributed by atoms with E-state index in [4.69, 9.17) is 24.3 Å². The van der Waals surface area contributed by atoms with Gasteiger partial charge in [-0.1, -0.05) is 25.0 Å². The Balaban J connectivity index is 0.861. The summed E-state index contributed by atoms with van der Waals surface area (Å²) in [7, 11) is 8.57. The number of hydrogen-bond donors (Lipinski definition) is 2. The molecular weight excluding hydrogens is 951 g/mol. The smallest absolute Gasteiger partial charge is 0.281 e. The lowest BCUT2D eigenvalue weighted by atomic mass is 9.80. The molecule has 2 N–H and O–H groups in total. The number of ether oxygens (including phenoxy) is 2. The number of methoxy groups -OCH3 is 2. The van der Waals surface area contributed by atoms with Crippen LogP contribution in [0.15, 0.2) is 84.1 Å². The number of nitrogens with zero attached hydrogens (tertiary/aromatic N) is 7. The van der Waals surface area contributed by atoms with Gasteiger partial charge in [0.05, 0.1) is 70.3 Å². The van der Waals surface area contributed by atoms with Gasteiger partial charge in [0.1, 0.15) is 22.9 Å². The van der Waals surface area contributed by atoms with Crippen molar-refractivity contribution < 1.29 is 38.1 Å². The van der Waals surface area contributed by atoms with Gasteiger partial charge < -0.3 is 29.9 Å². The molecule has 3 saturated carbocycles. The Hall–Kier alpha value is -6.60. The molecule has 6 aromatic rings. The van der Waals surface area contributed by atoms with Gasteiger partial charge in [-0.25, -0.2) is 19.9 Å². The number of benzene rings is 2. The van der Waals surface area contributed by atoms with Crippen molar-refractivity contribution in [1.29, 1.82) is 0 Å². The van der Waals surface area contributed by atoms with Crippen LogP contribution < -0.4 is 24.7 Å². The lowest BCUT2D eigenvalue weighted by molar-refractivity contribution is -0.741. The third-order valence-corrected chi connectivity index (χ3v) is 16.9. The maximum Gasteiger partial charge on any atom is 0.281 e. The molecule has 16 nitrogen and oxygen atoms in total. The molecule has 4 fully saturated rings. The van der Waals surface area contributed by atoms with E-state index in [1.54, 1.807) is 55.4 Å². The second-order valence-electron chi connectivity index (χ2n) is 19.7. The zero-order valence-electron chi connectivity index (χ0n) is 41.3. The van der Waals surface area contributed by atoms with Crippen molar-refractivity contribution in [3.63, 3.8) is 0 Å². The number of likely N-dealkylation sites (tertiary alicyclic amines) is 1. The predicted molar refractivity (Wildman–Crippen MR) is 276 cm³/mol. The summed E-state index contributed by atoms with van der Waals surface area (Å²) in [6.07, 6.45) is 17.2. The molecule has 1 spiro atoms. The Kier molecular flexibility index (Phi) is 14.2. The first kappa shape index (κ1) is 49.0. The molecular formula is C54H60N9O7S2+. The van der Waals surface area contributed by atoms with Gasteiger partial charge in [0.25, 0.3) is 18.5 Å². The van der Waals surface area contributed by atoms with Gasteiger partial charge in [0.2, 0.25) is 11.8 Å². The zero-order chi connectivity index (χ0) is 50.1. The van der Waals surface area contributed by atoms with Gasteiger partial charge in [-0.05, 0) is 113 Å². The molecule has 18 heteroatoms. The number of carbonyl (C=O) groups excluding carboxylic acids is 4. The van der Waals surface area contributed by atoms with E-state index < -0.39 is 5.91 Å². The first-order valence-corrected chi connectivity index (χ1v) is 26.4. The first-order chi connectivity index (χ1) is 34.9. The largest absolute Gasteiger partial charge is 0.496 e. The van der Waals surface area contributed by atoms with Crippen LogP contribution in [0.2, 0.25) is 0 Å². The van der Waals surface area contributed by atoms with Gasteiger partial charge in [-0.3, -0.25) is 24.2 Å². The van der Waals surface area contributed by atoms with Crippen LogP contribution in [0.3, 0.4) is 0 Å². The van der Waals surface area contributed by atoms with Crippen molar-refractivity contribution in [2.24, 2.45) is 17.3 Å². The van der Waals surface area contributed by atoms with E-state index in [2.05, 4.69) is 27.6 Å². The average Bonchev–Trinajstić information content (AvgIpc) is 3.73. The van der Waals surface area contributed by atoms with Crippen LogP contribution in [0.5, 0.6) is 11.5 Å². The Morgan fingerprint density at radius 2 is 1.38 bits per heavy atom. The molecule has 10 rings (SSSR count).